The van der Waals surface area contributed by atoms with Crippen LogP contribution in [0.3, 0.4) is 0 Å². The van der Waals surface area contributed by atoms with Gasteiger partial charge >= 0.3 is 20.6 Å². The number of aliphatic hydroxyl groups excluding tert-OH is 1. The summed E-state index contributed by atoms with van der Waals surface area (Å²) in [6.07, 6.45) is -2.85. The number of phosphoric ester groups is 1. The highest BCUT2D eigenvalue weighted by molar-refractivity contribution is 8.55. The Balaban J connectivity index is 1.19. The average Bonchev–Trinajstić information content (AvgIpc) is 3.44. The first kappa shape index (κ1) is 40.4. The summed E-state index contributed by atoms with van der Waals surface area (Å²) >= 11 is 0.607. The van der Waals surface area contributed by atoms with E-state index in [2.05, 4.69) is 29.9 Å². The number of aromatic amines is 1. The SMILES string of the molecule is CCO[P@@]1(=O)OCC23C[C@@H]2[C@@H](n2cnc4c(N)ncnc42)[C@H](O)[C@@H]3O[P@@](=O)(SCOC(=O)C(C)(C)C)OC[C@H]2O[C@@H](n3cnc4c(=O)[nH]c(C)nc43)[C@H](O1)[C@@H]2OC. The van der Waals surface area contributed by atoms with Crippen molar-refractivity contribution >= 4 is 60.1 Å². The van der Waals surface area contributed by atoms with E-state index >= 15 is 0 Å². The molecule has 4 aromatic heterocycles. The van der Waals surface area contributed by atoms with Gasteiger partial charge in [0.05, 0.1) is 43.9 Å². The number of nitrogens with one attached hydrogen (secondary N) is 1. The van der Waals surface area contributed by atoms with Gasteiger partial charge in [-0.2, -0.15) is 0 Å². The van der Waals surface area contributed by atoms with Crippen molar-refractivity contribution in [3.8, 4) is 0 Å². The number of nitrogens with zero attached hydrogens (tertiary/aromatic N) is 7. The molecule has 4 aliphatic rings. The molecule has 2 saturated heterocycles. The molecule has 2 bridgehead atoms. The van der Waals surface area contributed by atoms with Crippen molar-refractivity contribution in [2.24, 2.45) is 16.7 Å². The van der Waals surface area contributed by atoms with Crippen LogP contribution in [-0.4, -0.2) is 114 Å². The number of hydrogen-bond acceptors (Lipinski definition) is 20. The van der Waals surface area contributed by atoms with Crippen LogP contribution in [-0.2, 0) is 50.8 Å². The van der Waals surface area contributed by atoms with E-state index in [-0.39, 0.29) is 30.2 Å². The second-order valence-corrected chi connectivity index (χ2v) is 20.9. The molecule has 1 spiro atoms. The van der Waals surface area contributed by atoms with Crippen LogP contribution in [0.4, 0.5) is 5.82 Å². The number of esters is 1. The lowest BCUT2D eigenvalue weighted by atomic mass is 9.98. The summed E-state index contributed by atoms with van der Waals surface area (Å²) in [5, 5.41) is 12.1. The molecule has 25 heteroatoms. The van der Waals surface area contributed by atoms with Gasteiger partial charge in [0.25, 0.3) is 5.56 Å². The Hall–Kier alpha value is -3.34. The van der Waals surface area contributed by atoms with Crippen LogP contribution in [0.5, 0.6) is 0 Å². The molecule has 4 fully saturated rings. The Labute approximate surface area is 328 Å². The minimum atomic E-state index is -4.53. The quantitative estimate of drug-likeness (QED) is 0.130. The number of anilines is 1. The molecule has 0 aromatic carbocycles. The summed E-state index contributed by atoms with van der Waals surface area (Å²) in [5.74, 6) is -0.976. The molecule has 4 aromatic rings. The van der Waals surface area contributed by atoms with Crippen LogP contribution in [0.2, 0.25) is 0 Å². The first-order valence-electron chi connectivity index (χ1n) is 18.1. The average molecular weight is 856 g/mol. The summed E-state index contributed by atoms with van der Waals surface area (Å²) in [4.78, 5) is 49.5. The first-order valence-corrected chi connectivity index (χ1v) is 22.7. The van der Waals surface area contributed by atoms with Crippen molar-refractivity contribution in [2.75, 3.05) is 38.6 Å². The van der Waals surface area contributed by atoms with Crippen molar-refractivity contribution in [2.45, 2.75) is 83.8 Å². The fraction of sp³-hybridized carbons (Fsp3) is 0.656. The zero-order valence-corrected chi connectivity index (χ0v) is 34.3. The molecule has 0 radical (unpaired) electrons. The zero-order valence-electron chi connectivity index (χ0n) is 31.7. The molecular weight excluding hydrogens is 812 g/mol. The molecule has 0 amide bonds. The third-order valence-electron chi connectivity index (χ3n) is 10.6. The fourth-order valence-corrected chi connectivity index (χ4v) is 12.1. The van der Waals surface area contributed by atoms with Gasteiger partial charge in [-0.05, 0) is 47.0 Å². The molecule has 2 aliphatic carbocycles. The summed E-state index contributed by atoms with van der Waals surface area (Å²) in [6, 6.07) is -0.759. The third kappa shape index (κ3) is 7.13. The molecular formula is C32H43N9O13P2S. The van der Waals surface area contributed by atoms with Gasteiger partial charge in [0, 0.05) is 23.9 Å². The number of imidazole rings is 2. The normalized spacial score (nSPS) is 35.6. The topological polar surface area (TPSA) is 278 Å². The van der Waals surface area contributed by atoms with Gasteiger partial charge in [-0.1, -0.05) is 0 Å². The molecule has 8 rings (SSSR count). The number of nitrogens with two attached hydrogens (primary N) is 1. The van der Waals surface area contributed by atoms with Crippen LogP contribution in [0, 0.1) is 23.7 Å². The Kier molecular flexibility index (Phi) is 10.5. The van der Waals surface area contributed by atoms with Crippen molar-refractivity contribution in [1.82, 2.24) is 39.0 Å². The highest BCUT2D eigenvalue weighted by Crippen LogP contribution is 2.74. The number of aliphatic hydroxyl groups is 1. The summed E-state index contributed by atoms with van der Waals surface area (Å²) in [6.45, 7) is 2.90. The lowest BCUT2D eigenvalue weighted by Gasteiger charge is -2.32. The highest BCUT2D eigenvalue weighted by Gasteiger charge is 2.74. The van der Waals surface area contributed by atoms with Crippen LogP contribution in [0.1, 0.15) is 52.2 Å². The molecule has 11 atom stereocenters. The number of phosphoric acid groups is 1. The van der Waals surface area contributed by atoms with Gasteiger partial charge in [-0.25, -0.2) is 34.0 Å². The van der Waals surface area contributed by atoms with Crippen LogP contribution in [0.25, 0.3) is 22.3 Å². The smallest absolute Gasteiger partial charge is 0.454 e. The van der Waals surface area contributed by atoms with E-state index in [4.69, 9.17) is 42.6 Å². The molecule has 4 N–H and O–H groups in total. The fourth-order valence-electron chi connectivity index (χ4n) is 7.81. The minimum absolute atomic E-state index is 0.00782. The number of ether oxygens (including phenoxy) is 3. The van der Waals surface area contributed by atoms with E-state index in [0.717, 1.165) is 0 Å². The largest absolute Gasteiger partial charge is 0.475 e. The summed E-state index contributed by atoms with van der Waals surface area (Å²) in [7, 11) is -3.16. The van der Waals surface area contributed by atoms with Crippen molar-refractivity contribution in [3.05, 3.63) is 35.2 Å². The second kappa shape index (κ2) is 14.7. The predicted molar refractivity (Wildman–Crippen MR) is 199 cm³/mol. The maximum atomic E-state index is 15.0. The molecule has 22 nitrogen and oxygen atoms in total. The van der Waals surface area contributed by atoms with E-state index in [1.165, 1.54) is 30.7 Å². The Morgan fingerprint density at radius 3 is 2.61 bits per heavy atom. The number of H-pyrrole nitrogens is 1. The lowest BCUT2D eigenvalue weighted by molar-refractivity contribution is -0.150. The van der Waals surface area contributed by atoms with Crippen molar-refractivity contribution < 1.29 is 55.9 Å². The molecule has 310 valence electrons. The number of aromatic nitrogens is 8. The second-order valence-electron chi connectivity index (χ2n) is 15.3. The number of aryl methyl sites for hydroxylation is 1. The third-order valence-corrected chi connectivity index (χ3v) is 15.4. The van der Waals surface area contributed by atoms with Gasteiger partial charge in [0.1, 0.15) is 54.1 Å². The number of fused-ring (bicyclic) bond motifs is 4. The number of carbonyl (C=O) groups excluding carboxylic acids is 1. The maximum absolute atomic E-state index is 15.0. The van der Waals surface area contributed by atoms with Crippen LogP contribution >= 0.6 is 26.0 Å². The molecule has 6 heterocycles. The van der Waals surface area contributed by atoms with Crippen molar-refractivity contribution in [1.29, 1.82) is 0 Å². The standard InChI is InChI=1S/C32H43N9O13P2S/c1-7-49-55(45)51-10-32-8-16(32)20(40-12-36-18-25(33)34-11-35-26(18)40)21(42)24(32)54-56(46,57-14-48-30(44)31(3,4)5)50-9-17-22(47-6)23(53-55)29(52-17)41-13-37-19-27(41)38-15(2)39-28(19)43/h11-13,16-17,20-24,29,42H,7-10,14H2,1-6H3,(H2,33,34,35)(H,38,39,43)/t16-,17-,20-,21+,22-,23-,24+,29-,32?,55+,56+/m1/s1. The van der Waals surface area contributed by atoms with Gasteiger partial charge in [0.2, 0.25) is 0 Å². The van der Waals surface area contributed by atoms with Crippen LogP contribution in [0.15, 0.2) is 23.8 Å². The first-order chi connectivity index (χ1) is 27.0. The molecule has 1 unspecified atom stereocenters. The van der Waals surface area contributed by atoms with E-state index in [9.17, 15) is 23.8 Å². The van der Waals surface area contributed by atoms with E-state index in [0.29, 0.717) is 34.8 Å². The predicted octanol–water partition coefficient (Wildman–Crippen LogP) is 3.03. The molecule has 2 saturated carbocycles. The molecule has 57 heavy (non-hydrogen) atoms. The Bertz CT molecular complexity index is 2350. The number of hydrogen-bond donors (Lipinski definition) is 3. The number of nitrogen functional groups attached to an aromatic ring is 1. The van der Waals surface area contributed by atoms with E-state index in [1.807, 2.05) is 0 Å². The monoisotopic (exact) mass is 855 g/mol. The molecule has 2 aliphatic heterocycles. The summed E-state index contributed by atoms with van der Waals surface area (Å²) < 4.78 is 81.2. The number of rotatable bonds is 8. The van der Waals surface area contributed by atoms with Gasteiger partial charge in [0.15, 0.2) is 28.9 Å². The van der Waals surface area contributed by atoms with Gasteiger partial charge < -0.3 is 34.6 Å². The zero-order chi connectivity index (χ0) is 40.7. The Morgan fingerprint density at radius 2 is 1.88 bits per heavy atom. The van der Waals surface area contributed by atoms with Crippen molar-refractivity contribution in [3.63, 3.8) is 0 Å². The number of carbonyl (C=O) groups is 1. The van der Waals surface area contributed by atoms with Crippen LogP contribution < -0.4 is 11.3 Å². The highest BCUT2D eigenvalue weighted by atomic mass is 32.7. The lowest BCUT2D eigenvalue weighted by Crippen LogP contribution is -2.38. The summed E-state index contributed by atoms with van der Waals surface area (Å²) in [5.41, 5.74) is 4.40. The van der Waals surface area contributed by atoms with Gasteiger partial charge in [-0.3, -0.25) is 36.8 Å². The van der Waals surface area contributed by atoms with E-state index in [1.54, 1.807) is 39.2 Å². The number of methoxy groups -OCH3 is 1. The van der Waals surface area contributed by atoms with E-state index < -0.39 is 98.2 Å². The maximum Gasteiger partial charge on any atom is 0.475 e. The Morgan fingerprint density at radius 1 is 1.12 bits per heavy atom. The van der Waals surface area contributed by atoms with Gasteiger partial charge in [-0.15, -0.1) is 0 Å². The minimum Gasteiger partial charge on any atom is -0.454 e.